The van der Waals surface area contributed by atoms with Gasteiger partial charge in [-0.1, -0.05) is 0 Å². The van der Waals surface area contributed by atoms with Crippen molar-refractivity contribution in [1.29, 1.82) is 0 Å². The Morgan fingerprint density at radius 3 is 0.778 bits per heavy atom. The molecule has 12 heteroatoms. The van der Waals surface area contributed by atoms with Crippen LogP contribution in [0.4, 0.5) is 17.8 Å². The quantitative estimate of drug-likeness (QED) is 0.292. The van der Waals surface area contributed by atoms with Crippen LogP contribution in [-0.2, 0) is 28.4 Å². The van der Waals surface area contributed by atoms with Crippen LogP contribution in [0.15, 0.2) is 0 Å². The van der Waals surface area contributed by atoms with Gasteiger partial charge in [0, 0.05) is 42.7 Å². The fraction of sp³-hybridized carbons (Fsp3) is 0.800. The summed E-state index contributed by atoms with van der Waals surface area (Å²) < 4.78 is 31.3. The molecule has 0 fully saturated rings. The molecule has 1 aromatic rings. The molecule has 0 aromatic carbocycles. The van der Waals surface area contributed by atoms with Crippen LogP contribution in [0.3, 0.4) is 0 Å². The van der Waals surface area contributed by atoms with Crippen molar-refractivity contribution in [1.82, 2.24) is 15.0 Å². The fourth-order valence-corrected chi connectivity index (χ4v) is 2.16. The van der Waals surface area contributed by atoms with Crippen LogP contribution < -0.4 is 14.7 Å². The SMILES string of the molecule is [13CH3]OCN(CO[13CH3])c1nc(N(CO[13CH3])CO[13CH3])nc(N(CO[13CH3])CO[13CH3])n1. The lowest BCUT2D eigenvalue weighted by Crippen LogP contribution is -2.36. The number of ether oxygens (including phenoxy) is 6. The Morgan fingerprint density at radius 2 is 0.630 bits per heavy atom. The Labute approximate surface area is 159 Å². The predicted molar refractivity (Wildman–Crippen MR) is 98.5 cm³/mol. The van der Waals surface area contributed by atoms with E-state index in [-0.39, 0.29) is 40.4 Å². The molecule has 0 saturated heterocycles. The molecule has 0 N–H and O–H groups in total. The molecule has 1 rings (SSSR count). The second-order valence-corrected chi connectivity index (χ2v) is 5.36. The summed E-state index contributed by atoms with van der Waals surface area (Å²) in [4.78, 5) is 18.7. The summed E-state index contributed by atoms with van der Waals surface area (Å²) in [6, 6.07) is 0. The van der Waals surface area contributed by atoms with E-state index in [1.54, 1.807) is 57.4 Å². The first kappa shape index (κ1) is 23.2. The number of hydrogen-bond donors (Lipinski definition) is 0. The smallest absolute Gasteiger partial charge is 0.235 e. The number of methoxy groups -OCH3 is 6. The number of aromatic nitrogens is 3. The van der Waals surface area contributed by atoms with Gasteiger partial charge in [-0.25, -0.2) is 0 Å². The molecule has 12 nitrogen and oxygen atoms in total. The van der Waals surface area contributed by atoms with Crippen molar-refractivity contribution in [2.45, 2.75) is 0 Å². The molecule has 0 aliphatic rings. The van der Waals surface area contributed by atoms with Crippen LogP contribution in [0, 0.1) is 0 Å². The molecule has 0 unspecified atom stereocenters. The molecule has 1 heterocycles. The van der Waals surface area contributed by atoms with Gasteiger partial charge >= 0.3 is 0 Å². The van der Waals surface area contributed by atoms with E-state index < -0.39 is 0 Å². The lowest BCUT2D eigenvalue weighted by atomic mass is 10.6. The van der Waals surface area contributed by atoms with Gasteiger partial charge in [-0.05, 0) is 0 Å². The van der Waals surface area contributed by atoms with Gasteiger partial charge in [0.05, 0.1) is 0 Å². The van der Waals surface area contributed by atoms with Crippen LogP contribution in [0.25, 0.3) is 0 Å². The van der Waals surface area contributed by atoms with Gasteiger partial charge in [0.2, 0.25) is 17.8 Å². The van der Waals surface area contributed by atoms with E-state index in [0.29, 0.717) is 17.8 Å². The molecular formula is C15H30N6O6. The highest BCUT2D eigenvalue weighted by Crippen LogP contribution is 2.19. The lowest BCUT2D eigenvalue weighted by molar-refractivity contribution is 0.134. The van der Waals surface area contributed by atoms with Crippen molar-refractivity contribution in [2.75, 3.05) is 97.7 Å². The average Bonchev–Trinajstić information content (AvgIpc) is 2.67. The second kappa shape index (κ2) is 13.4. The van der Waals surface area contributed by atoms with Crippen LogP contribution in [0.1, 0.15) is 0 Å². The molecule has 1 aromatic heterocycles. The molecule has 0 radical (unpaired) electrons. The normalized spacial score (nSPS) is 10.9. The highest BCUT2D eigenvalue weighted by molar-refractivity contribution is 5.45. The third kappa shape index (κ3) is 7.36. The summed E-state index contributed by atoms with van der Waals surface area (Å²) in [6.45, 7) is 1.42. The molecule has 0 amide bonds. The van der Waals surface area contributed by atoms with E-state index >= 15 is 0 Å². The van der Waals surface area contributed by atoms with E-state index in [4.69, 9.17) is 28.4 Å². The Bertz CT molecular complexity index is 424. The van der Waals surface area contributed by atoms with E-state index in [0.717, 1.165) is 0 Å². The molecule has 0 bridgehead atoms. The summed E-state index contributed by atoms with van der Waals surface area (Å²) >= 11 is 0. The number of anilines is 3. The van der Waals surface area contributed by atoms with Gasteiger partial charge in [-0.2, -0.15) is 15.0 Å². The van der Waals surface area contributed by atoms with Crippen LogP contribution in [-0.4, -0.2) is 98.0 Å². The first-order chi connectivity index (χ1) is 13.1. The van der Waals surface area contributed by atoms with Gasteiger partial charge < -0.3 is 28.4 Å². The zero-order valence-electron chi connectivity index (χ0n) is 16.9. The first-order valence-electron chi connectivity index (χ1n) is 8.09. The van der Waals surface area contributed by atoms with Gasteiger partial charge in [-0.15, -0.1) is 0 Å². The molecular weight excluding hydrogens is 366 g/mol. The maximum atomic E-state index is 5.22. The topological polar surface area (TPSA) is 104 Å². The van der Waals surface area contributed by atoms with Crippen molar-refractivity contribution >= 4 is 17.8 Å². The zero-order chi connectivity index (χ0) is 20.1. The molecule has 0 saturated carbocycles. The predicted octanol–water partition coefficient (Wildman–Crippen LogP) is -0.0858. The van der Waals surface area contributed by atoms with Crippen molar-refractivity contribution in [3.8, 4) is 0 Å². The molecule has 156 valence electrons. The summed E-state index contributed by atoms with van der Waals surface area (Å²) in [5, 5.41) is 0. The third-order valence-electron chi connectivity index (χ3n) is 3.16. The Morgan fingerprint density at radius 1 is 0.444 bits per heavy atom. The maximum absolute atomic E-state index is 5.22. The summed E-state index contributed by atoms with van der Waals surface area (Å²) in [5.74, 6) is 1.11. The van der Waals surface area contributed by atoms with Crippen molar-refractivity contribution < 1.29 is 28.4 Å². The van der Waals surface area contributed by atoms with E-state index in [1.807, 2.05) is 0 Å². The van der Waals surface area contributed by atoms with E-state index in [2.05, 4.69) is 15.0 Å². The second-order valence-electron chi connectivity index (χ2n) is 5.36. The van der Waals surface area contributed by atoms with E-state index in [1.165, 1.54) is 0 Å². The van der Waals surface area contributed by atoms with Gasteiger partial charge in [-0.3, -0.25) is 14.7 Å². The molecule has 0 atom stereocenters. The standard InChI is InChI=1S/C15H30N6O6/c1-22-7-19(8-23-2)13-16-14(20(9-24-3)10-25-4)18-15(17-13)21(11-26-5)12-27-6/h7-12H2,1-6H3/i1+1,2+1,3+1,4+1,5+1,6+1. The Hall–Kier alpha value is -1.83. The summed E-state index contributed by atoms with van der Waals surface area (Å²) in [5.41, 5.74) is 0. The lowest BCUT2D eigenvalue weighted by Gasteiger charge is -2.27. The minimum atomic E-state index is 0.236. The fourth-order valence-electron chi connectivity index (χ4n) is 2.16. The minimum Gasteiger partial charge on any atom is -0.364 e. The third-order valence-corrected chi connectivity index (χ3v) is 3.16. The monoisotopic (exact) mass is 396 g/mol. The molecule has 0 aliphatic heterocycles. The van der Waals surface area contributed by atoms with Crippen LogP contribution >= 0.6 is 0 Å². The highest BCUT2D eigenvalue weighted by atomic mass is 16.6. The Kier molecular flexibility index (Phi) is 11.5. The van der Waals surface area contributed by atoms with Gasteiger partial charge in [0.25, 0.3) is 0 Å². The average molecular weight is 396 g/mol. The minimum absolute atomic E-state index is 0.236. The van der Waals surface area contributed by atoms with E-state index in [9.17, 15) is 0 Å². The first-order valence-corrected chi connectivity index (χ1v) is 8.09. The molecule has 0 aliphatic carbocycles. The zero-order valence-corrected chi connectivity index (χ0v) is 16.9. The highest BCUT2D eigenvalue weighted by Gasteiger charge is 2.20. The van der Waals surface area contributed by atoms with Crippen LogP contribution in [0.5, 0.6) is 0 Å². The summed E-state index contributed by atoms with van der Waals surface area (Å²) in [6.07, 6.45) is 0. The number of rotatable bonds is 15. The van der Waals surface area contributed by atoms with Gasteiger partial charge in [0.15, 0.2) is 0 Å². The van der Waals surface area contributed by atoms with Crippen molar-refractivity contribution in [3.05, 3.63) is 0 Å². The maximum Gasteiger partial charge on any atom is 0.235 e. The largest absolute Gasteiger partial charge is 0.364 e. The van der Waals surface area contributed by atoms with Crippen LogP contribution in [0.2, 0.25) is 0 Å². The molecule has 27 heavy (non-hydrogen) atoms. The Balaban J connectivity index is 3.38. The van der Waals surface area contributed by atoms with Crippen molar-refractivity contribution in [2.24, 2.45) is 0 Å². The number of nitrogens with zero attached hydrogens (tertiary/aromatic N) is 6. The van der Waals surface area contributed by atoms with Gasteiger partial charge in [0.1, 0.15) is 40.4 Å². The van der Waals surface area contributed by atoms with Crippen molar-refractivity contribution in [3.63, 3.8) is 0 Å². The number of hydrogen-bond acceptors (Lipinski definition) is 12. The summed E-state index contributed by atoms with van der Waals surface area (Å²) in [7, 11) is 9.48. The molecule has 0 spiro atoms.